The highest BCUT2D eigenvalue weighted by Gasteiger charge is 2.23. The van der Waals surface area contributed by atoms with E-state index in [0.29, 0.717) is 18.3 Å². The molecule has 0 unspecified atom stereocenters. The summed E-state index contributed by atoms with van der Waals surface area (Å²) in [5.41, 5.74) is 13.4. The summed E-state index contributed by atoms with van der Waals surface area (Å²) in [6.07, 6.45) is 2.45. The maximum Gasteiger partial charge on any atom is 0.232 e. The second-order valence-electron chi connectivity index (χ2n) is 6.52. The number of para-hydroxylation sites is 1. The lowest BCUT2D eigenvalue weighted by Gasteiger charge is -2.29. The molecular formula is C18H25N7O. The zero-order chi connectivity index (χ0) is 18.5. The molecule has 8 heteroatoms. The minimum Gasteiger partial charge on any atom is -0.369 e. The van der Waals surface area contributed by atoms with E-state index in [0.717, 1.165) is 38.0 Å². The Morgan fingerprint density at radius 2 is 1.96 bits per heavy atom. The normalized spacial score (nSPS) is 15.7. The Kier molecular flexibility index (Phi) is 5.62. The second-order valence-corrected chi connectivity index (χ2v) is 6.52. The number of nitrogens with two attached hydrogens (primary N) is 2. The van der Waals surface area contributed by atoms with Crippen molar-refractivity contribution in [3.05, 3.63) is 35.7 Å². The van der Waals surface area contributed by atoms with Crippen molar-refractivity contribution in [2.24, 2.45) is 11.7 Å². The molecule has 1 aliphatic rings. The van der Waals surface area contributed by atoms with Crippen molar-refractivity contribution >= 4 is 23.5 Å². The van der Waals surface area contributed by atoms with Gasteiger partial charge in [-0.3, -0.25) is 9.69 Å². The van der Waals surface area contributed by atoms with E-state index < -0.39 is 0 Å². The van der Waals surface area contributed by atoms with Crippen LogP contribution in [0.1, 0.15) is 31.2 Å². The summed E-state index contributed by atoms with van der Waals surface area (Å²) in [4.78, 5) is 26.4. The van der Waals surface area contributed by atoms with Crippen molar-refractivity contribution in [1.82, 2.24) is 19.9 Å². The summed E-state index contributed by atoms with van der Waals surface area (Å²) in [5.74, 6) is 1.01. The number of benzene rings is 1. The number of amides is 1. The summed E-state index contributed by atoms with van der Waals surface area (Å²) in [5, 5.41) is 3.24. The SMILES string of the molecule is CCc1ccccc1Nc1nc(N)nc(CN2CCC(C(N)=O)CC2)n1. The van der Waals surface area contributed by atoms with E-state index in [1.54, 1.807) is 0 Å². The van der Waals surface area contributed by atoms with Gasteiger partial charge in [0.25, 0.3) is 0 Å². The fourth-order valence-electron chi connectivity index (χ4n) is 3.21. The monoisotopic (exact) mass is 355 g/mol. The van der Waals surface area contributed by atoms with E-state index in [4.69, 9.17) is 11.5 Å². The predicted octanol–water partition coefficient (Wildman–Crippen LogP) is 1.46. The molecule has 8 nitrogen and oxygen atoms in total. The van der Waals surface area contributed by atoms with E-state index in [1.165, 1.54) is 5.56 Å². The Morgan fingerprint density at radius 3 is 2.65 bits per heavy atom. The first-order valence-electron chi connectivity index (χ1n) is 8.92. The molecule has 2 aromatic rings. The fourth-order valence-corrected chi connectivity index (χ4v) is 3.21. The van der Waals surface area contributed by atoms with Crippen molar-refractivity contribution < 1.29 is 4.79 Å². The number of nitrogens with one attached hydrogen (secondary N) is 1. The first kappa shape index (κ1) is 18.1. The highest BCUT2D eigenvalue weighted by atomic mass is 16.1. The number of aromatic nitrogens is 3. The van der Waals surface area contributed by atoms with Crippen molar-refractivity contribution in [1.29, 1.82) is 0 Å². The van der Waals surface area contributed by atoms with E-state index in [9.17, 15) is 4.79 Å². The maximum atomic E-state index is 11.3. The minimum absolute atomic E-state index is 0.0301. The molecular weight excluding hydrogens is 330 g/mol. The third-order valence-corrected chi connectivity index (χ3v) is 4.70. The number of anilines is 3. The lowest BCUT2D eigenvalue weighted by atomic mass is 9.96. The van der Waals surface area contributed by atoms with Crippen LogP contribution in [0.25, 0.3) is 0 Å². The van der Waals surface area contributed by atoms with Crippen LogP contribution in [0.4, 0.5) is 17.6 Å². The number of nitrogens with zero attached hydrogens (tertiary/aromatic N) is 4. The van der Waals surface area contributed by atoms with Crippen LogP contribution >= 0.6 is 0 Å². The molecule has 5 N–H and O–H groups in total. The van der Waals surface area contributed by atoms with Gasteiger partial charge in [-0.05, 0) is 44.0 Å². The van der Waals surface area contributed by atoms with Gasteiger partial charge in [0, 0.05) is 11.6 Å². The molecule has 138 valence electrons. The van der Waals surface area contributed by atoms with Crippen LogP contribution in [0.2, 0.25) is 0 Å². The molecule has 1 aliphatic heterocycles. The van der Waals surface area contributed by atoms with Crippen LogP contribution in [-0.2, 0) is 17.8 Å². The smallest absolute Gasteiger partial charge is 0.232 e. The molecule has 0 aliphatic carbocycles. The molecule has 0 atom stereocenters. The standard InChI is InChI=1S/C18H25N7O/c1-2-12-5-3-4-6-14(12)21-18-23-15(22-17(20)24-18)11-25-9-7-13(8-10-25)16(19)26/h3-6,13H,2,7-11H2,1H3,(H2,19,26)(H3,20,21,22,23,24). The molecule has 0 radical (unpaired) electrons. The average Bonchev–Trinajstić information content (AvgIpc) is 2.62. The highest BCUT2D eigenvalue weighted by molar-refractivity contribution is 5.76. The van der Waals surface area contributed by atoms with Crippen LogP contribution in [0, 0.1) is 5.92 Å². The van der Waals surface area contributed by atoms with Crippen molar-refractivity contribution in [3.8, 4) is 0 Å². The quantitative estimate of drug-likeness (QED) is 0.716. The van der Waals surface area contributed by atoms with Crippen LogP contribution in [0.15, 0.2) is 24.3 Å². The lowest BCUT2D eigenvalue weighted by Crippen LogP contribution is -2.38. The van der Waals surface area contributed by atoms with Gasteiger partial charge in [-0.15, -0.1) is 0 Å². The number of aryl methyl sites for hydroxylation is 1. The zero-order valence-electron chi connectivity index (χ0n) is 15.0. The fraction of sp³-hybridized carbons (Fsp3) is 0.444. The van der Waals surface area contributed by atoms with E-state index >= 15 is 0 Å². The Hall–Kier alpha value is -2.74. The number of primary amides is 1. The Balaban J connectivity index is 1.69. The van der Waals surface area contributed by atoms with Crippen LogP contribution < -0.4 is 16.8 Å². The number of nitrogen functional groups attached to an aromatic ring is 1. The Morgan fingerprint density at radius 1 is 1.23 bits per heavy atom. The number of likely N-dealkylation sites (tertiary alicyclic amines) is 1. The van der Waals surface area contributed by atoms with Crippen molar-refractivity contribution in [3.63, 3.8) is 0 Å². The van der Waals surface area contributed by atoms with E-state index in [1.807, 2.05) is 18.2 Å². The third-order valence-electron chi connectivity index (χ3n) is 4.70. The number of carbonyl (C=O) groups excluding carboxylic acids is 1. The molecule has 0 bridgehead atoms. The lowest BCUT2D eigenvalue weighted by molar-refractivity contribution is -0.123. The van der Waals surface area contributed by atoms with Gasteiger partial charge in [-0.25, -0.2) is 0 Å². The molecule has 26 heavy (non-hydrogen) atoms. The van der Waals surface area contributed by atoms with E-state index in [-0.39, 0.29) is 17.8 Å². The Bertz CT molecular complexity index is 772. The molecule has 0 spiro atoms. The molecule has 1 amide bonds. The summed E-state index contributed by atoms with van der Waals surface area (Å²) in [6.45, 7) is 4.26. The number of hydrogen-bond donors (Lipinski definition) is 3. The molecule has 1 fully saturated rings. The minimum atomic E-state index is -0.213. The zero-order valence-corrected chi connectivity index (χ0v) is 15.0. The predicted molar refractivity (Wildman–Crippen MR) is 101 cm³/mol. The van der Waals surface area contributed by atoms with Crippen LogP contribution in [0.5, 0.6) is 0 Å². The number of carbonyl (C=O) groups is 1. The molecule has 3 rings (SSSR count). The van der Waals surface area contributed by atoms with Gasteiger partial charge in [0.2, 0.25) is 17.8 Å². The van der Waals surface area contributed by atoms with Crippen LogP contribution in [-0.4, -0.2) is 38.8 Å². The van der Waals surface area contributed by atoms with Crippen molar-refractivity contribution in [2.45, 2.75) is 32.7 Å². The first-order valence-corrected chi connectivity index (χ1v) is 8.92. The molecule has 1 aromatic heterocycles. The molecule has 1 saturated heterocycles. The molecule has 1 aromatic carbocycles. The van der Waals surface area contributed by atoms with Gasteiger partial charge in [-0.1, -0.05) is 25.1 Å². The second kappa shape index (κ2) is 8.09. The summed E-state index contributed by atoms with van der Waals surface area (Å²) in [6, 6.07) is 8.03. The topological polar surface area (TPSA) is 123 Å². The first-order chi connectivity index (χ1) is 12.5. The van der Waals surface area contributed by atoms with Gasteiger partial charge >= 0.3 is 0 Å². The largest absolute Gasteiger partial charge is 0.369 e. The molecule has 0 saturated carbocycles. The molecule has 2 heterocycles. The summed E-state index contributed by atoms with van der Waals surface area (Å²) in [7, 11) is 0. The van der Waals surface area contributed by atoms with Gasteiger partial charge in [0.15, 0.2) is 0 Å². The summed E-state index contributed by atoms with van der Waals surface area (Å²) >= 11 is 0. The Labute approximate surface area is 153 Å². The summed E-state index contributed by atoms with van der Waals surface area (Å²) < 4.78 is 0. The number of hydrogen-bond acceptors (Lipinski definition) is 7. The number of rotatable bonds is 6. The van der Waals surface area contributed by atoms with Gasteiger partial charge < -0.3 is 16.8 Å². The maximum absolute atomic E-state index is 11.3. The average molecular weight is 355 g/mol. The van der Waals surface area contributed by atoms with E-state index in [2.05, 4.69) is 38.2 Å². The van der Waals surface area contributed by atoms with Gasteiger partial charge in [-0.2, -0.15) is 15.0 Å². The van der Waals surface area contributed by atoms with Crippen LogP contribution in [0.3, 0.4) is 0 Å². The van der Waals surface area contributed by atoms with Gasteiger partial charge in [0.05, 0.1) is 6.54 Å². The number of piperidine rings is 1. The third kappa shape index (κ3) is 4.45. The van der Waals surface area contributed by atoms with Gasteiger partial charge in [0.1, 0.15) is 5.82 Å². The highest BCUT2D eigenvalue weighted by Crippen LogP contribution is 2.21. The van der Waals surface area contributed by atoms with Crippen molar-refractivity contribution in [2.75, 3.05) is 24.1 Å².